The Kier molecular flexibility index (Phi) is 3.35. The van der Waals surface area contributed by atoms with E-state index < -0.39 is 0 Å². The van der Waals surface area contributed by atoms with E-state index in [1.54, 1.807) is 12.4 Å². The van der Waals surface area contributed by atoms with Crippen LogP contribution in [0.5, 0.6) is 0 Å². The number of fused-ring (bicyclic) bond motifs is 1. The first-order valence-electron chi connectivity index (χ1n) is 6.18. The molecule has 3 N–H and O–H groups in total. The van der Waals surface area contributed by atoms with Gasteiger partial charge in [0.15, 0.2) is 0 Å². The number of rotatable bonds is 3. The summed E-state index contributed by atoms with van der Waals surface area (Å²) in [4.78, 5) is 16.8. The number of hydrogen-bond donors (Lipinski definition) is 2. The lowest BCUT2D eigenvalue weighted by atomic mass is 10.2. The zero-order valence-corrected chi connectivity index (χ0v) is 11.5. The SMILES string of the molecule is Nc1ccc2sc(C(=O)NCc3cccnc3)cc2c1. The second kappa shape index (κ2) is 5.30. The Morgan fingerprint density at radius 2 is 2.20 bits per heavy atom. The molecule has 0 unspecified atom stereocenters. The lowest BCUT2D eigenvalue weighted by Crippen LogP contribution is -2.21. The number of nitrogens with zero attached hydrogens (tertiary/aromatic N) is 1. The third kappa shape index (κ3) is 2.62. The monoisotopic (exact) mass is 283 g/mol. The quantitative estimate of drug-likeness (QED) is 0.726. The number of nitrogens with two attached hydrogens (primary N) is 1. The van der Waals surface area contributed by atoms with Gasteiger partial charge in [-0.05, 0) is 41.3 Å². The van der Waals surface area contributed by atoms with E-state index in [0.717, 1.165) is 15.6 Å². The fraction of sp³-hybridized carbons (Fsp3) is 0.0667. The normalized spacial score (nSPS) is 10.6. The Morgan fingerprint density at radius 3 is 3.00 bits per heavy atom. The molecule has 0 aliphatic carbocycles. The predicted octanol–water partition coefficient (Wildman–Crippen LogP) is 2.81. The van der Waals surface area contributed by atoms with Gasteiger partial charge in [-0.2, -0.15) is 0 Å². The number of benzene rings is 1. The van der Waals surface area contributed by atoms with E-state index in [0.29, 0.717) is 17.1 Å². The fourth-order valence-electron chi connectivity index (χ4n) is 1.95. The van der Waals surface area contributed by atoms with Gasteiger partial charge in [0.05, 0.1) is 4.88 Å². The maximum absolute atomic E-state index is 12.1. The van der Waals surface area contributed by atoms with Crippen molar-refractivity contribution in [1.29, 1.82) is 0 Å². The number of amides is 1. The van der Waals surface area contributed by atoms with Gasteiger partial charge < -0.3 is 11.1 Å². The summed E-state index contributed by atoms with van der Waals surface area (Å²) in [5.74, 6) is -0.0753. The van der Waals surface area contributed by atoms with Gasteiger partial charge in [-0.1, -0.05) is 6.07 Å². The minimum Gasteiger partial charge on any atom is -0.399 e. The Bertz CT molecular complexity index is 752. The van der Waals surface area contributed by atoms with Gasteiger partial charge in [0, 0.05) is 29.3 Å². The van der Waals surface area contributed by atoms with Crippen LogP contribution in [-0.2, 0) is 6.54 Å². The minimum atomic E-state index is -0.0753. The first-order chi connectivity index (χ1) is 9.72. The summed E-state index contributed by atoms with van der Waals surface area (Å²) in [6.45, 7) is 0.475. The minimum absolute atomic E-state index is 0.0753. The summed E-state index contributed by atoms with van der Waals surface area (Å²) >= 11 is 1.47. The van der Waals surface area contributed by atoms with E-state index in [1.807, 2.05) is 36.4 Å². The van der Waals surface area contributed by atoms with Crippen molar-refractivity contribution in [1.82, 2.24) is 10.3 Å². The summed E-state index contributed by atoms with van der Waals surface area (Å²) < 4.78 is 1.06. The second-order valence-corrected chi connectivity index (χ2v) is 5.54. The molecule has 4 nitrogen and oxygen atoms in total. The maximum Gasteiger partial charge on any atom is 0.261 e. The fourth-order valence-corrected chi connectivity index (χ4v) is 2.91. The number of nitrogens with one attached hydrogen (secondary N) is 1. The molecule has 0 saturated carbocycles. The highest BCUT2D eigenvalue weighted by molar-refractivity contribution is 7.20. The van der Waals surface area contributed by atoms with Crippen LogP contribution < -0.4 is 11.1 Å². The van der Waals surface area contributed by atoms with Crippen molar-refractivity contribution in [2.45, 2.75) is 6.54 Å². The van der Waals surface area contributed by atoms with Crippen molar-refractivity contribution in [2.75, 3.05) is 5.73 Å². The van der Waals surface area contributed by atoms with Crippen LogP contribution >= 0.6 is 11.3 Å². The molecule has 3 rings (SSSR count). The van der Waals surface area contributed by atoms with Crippen LogP contribution in [0, 0.1) is 0 Å². The van der Waals surface area contributed by atoms with E-state index in [9.17, 15) is 4.79 Å². The summed E-state index contributed by atoms with van der Waals surface area (Å²) in [7, 11) is 0. The number of pyridine rings is 1. The Morgan fingerprint density at radius 1 is 1.30 bits per heavy atom. The van der Waals surface area contributed by atoms with Crippen molar-refractivity contribution in [3.63, 3.8) is 0 Å². The molecular weight excluding hydrogens is 270 g/mol. The molecule has 0 aliphatic heterocycles. The van der Waals surface area contributed by atoms with Crippen LogP contribution in [-0.4, -0.2) is 10.9 Å². The number of nitrogen functional groups attached to an aromatic ring is 1. The lowest BCUT2D eigenvalue weighted by molar-refractivity contribution is 0.0955. The van der Waals surface area contributed by atoms with Crippen LogP contribution in [0.4, 0.5) is 5.69 Å². The molecule has 0 fully saturated rings. The number of carbonyl (C=O) groups excluding carboxylic acids is 1. The predicted molar refractivity (Wildman–Crippen MR) is 81.6 cm³/mol. The smallest absolute Gasteiger partial charge is 0.261 e. The standard InChI is InChI=1S/C15H13N3OS/c16-12-3-4-13-11(6-12)7-14(20-13)15(19)18-9-10-2-1-5-17-8-10/h1-8H,9,16H2,(H,18,19). The van der Waals surface area contributed by atoms with E-state index in [2.05, 4.69) is 10.3 Å². The number of aromatic nitrogens is 1. The molecule has 3 aromatic rings. The van der Waals surface area contributed by atoms with Crippen LogP contribution in [0.1, 0.15) is 15.2 Å². The molecule has 5 heteroatoms. The molecule has 0 aliphatic rings. The first-order valence-corrected chi connectivity index (χ1v) is 7.00. The van der Waals surface area contributed by atoms with Crippen molar-refractivity contribution < 1.29 is 4.79 Å². The molecule has 100 valence electrons. The van der Waals surface area contributed by atoms with Gasteiger partial charge in [0.2, 0.25) is 0 Å². The molecule has 20 heavy (non-hydrogen) atoms. The number of carbonyl (C=O) groups is 1. The summed E-state index contributed by atoms with van der Waals surface area (Å²) in [6.07, 6.45) is 3.45. The van der Waals surface area contributed by atoms with E-state index in [-0.39, 0.29) is 5.91 Å². The van der Waals surface area contributed by atoms with Crippen LogP contribution in [0.15, 0.2) is 48.8 Å². The van der Waals surface area contributed by atoms with Crippen LogP contribution in [0.3, 0.4) is 0 Å². The third-order valence-electron chi connectivity index (χ3n) is 2.94. The van der Waals surface area contributed by atoms with Gasteiger partial charge in [-0.25, -0.2) is 0 Å². The first kappa shape index (κ1) is 12.6. The van der Waals surface area contributed by atoms with Crippen LogP contribution in [0.25, 0.3) is 10.1 Å². The molecule has 0 spiro atoms. The van der Waals surface area contributed by atoms with Crippen molar-refractivity contribution in [2.24, 2.45) is 0 Å². The highest BCUT2D eigenvalue weighted by atomic mass is 32.1. The third-order valence-corrected chi connectivity index (χ3v) is 4.05. The Balaban J connectivity index is 1.75. The number of anilines is 1. The van der Waals surface area contributed by atoms with Gasteiger partial charge in [0.1, 0.15) is 0 Å². The highest BCUT2D eigenvalue weighted by Crippen LogP contribution is 2.27. The zero-order chi connectivity index (χ0) is 13.9. The van der Waals surface area contributed by atoms with E-state index in [1.165, 1.54) is 11.3 Å². The van der Waals surface area contributed by atoms with Crippen molar-refractivity contribution in [3.05, 3.63) is 59.2 Å². The highest BCUT2D eigenvalue weighted by Gasteiger charge is 2.10. The maximum atomic E-state index is 12.1. The van der Waals surface area contributed by atoms with E-state index in [4.69, 9.17) is 5.73 Å². The average molecular weight is 283 g/mol. The molecule has 0 bridgehead atoms. The van der Waals surface area contributed by atoms with Gasteiger partial charge in [0.25, 0.3) is 5.91 Å². The summed E-state index contributed by atoms with van der Waals surface area (Å²) in [5, 5.41) is 3.89. The Labute approximate surface area is 120 Å². The molecule has 2 aromatic heterocycles. The number of hydrogen-bond acceptors (Lipinski definition) is 4. The summed E-state index contributed by atoms with van der Waals surface area (Å²) in [6, 6.07) is 11.3. The second-order valence-electron chi connectivity index (χ2n) is 4.45. The molecule has 0 radical (unpaired) electrons. The van der Waals surface area contributed by atoms with E-state index >= 15 is 0 Å². The Hall–Kier alpha value is -2.40. The molecule has 0 atom stereocenters. The molecular formula is C15H13N3OS. The molecule has 1 aromatic carbocycles. The van der Waals surface area contributed by atoms with Crippen molar-refractivity contribution >= 4 is 33.0 Å². The van der Waals surface area contributed by atoms with Gasteiger partial charge in [-0.15, -0.1) is 11.3 Å². The van der Waals surface area contributed by atoms with Gasteiger partial charge >= 0.3 is 0 Å². The molecule has 1 amide bonds. The summed E-state index contributed by atoms with van der Waals surface area (Å²) in [5.41, 5.74) is 7.43. The average Bonchev–Trinajstić information content (AvgIpc) is 2.89. The van der Waals surface area contributed by atoms with Crippen molar-refractivity contribution in [3.8, 4) is 0 Å². The van der Waals surface area contributed by atoms with Crippen LogP contribution in [0.2, 0.25) is 0 Å². The lowest BCUT2D eigenvalue weighted by Gasteiger charge is -2.02. The zero-order valence-electron chi connectivity index (χ0n) is 10.7. The van der Waals surface area contributed by atoms with Gasteiger partial charge in [-0.3, -0.25) is 9.78 Å². The topological polar surface area (TPSA) is 68.0 Å². The molecule has 0 saturated heterocycles. The molecule has 2 heterocycles. The largest absolute Gasteiger partial charge is 0.399 e. The number of thiophene rings is 1.